The second-order valence-electron chi connectivity index (χ2n) is 4.59. The molecule has 0 spiro atoms. The summed E-state index contributed by atoms with van der Waals surface area (Å²) in [6.07, 6.45) is 1.80. The number of carboxylic acid groups (broad SMARTS) is 1. The molecule has 2 rings (SSSR count). The number of aromatic hydroxyl groups is 1. The largest absolute Gasteiger partial charge is 0.507 e. The van der Waals surface area contributed by atoms with E-state index in [2.05, 4.69) is 4.90 Å². The summed E-state index contributed by atoms with van der Waals surface area (Å²) in [6, 6.07) is 3.62. The van der Waals surface area contributed by atoms with Crippen LogP contribution in [0.3, 0.4) is 0 Å². The van der Waals surface area contributed by atoms with Gasteiger partial charge in [-0.2, -0.15) is 0 Å². The Morgan fingerprint density at radius 3 is 2.82 bits per heavy atom. The van der Waals surface area contributed by atoms with Gasteiger partial charge in [0.1, 0.15) is 5.75 Å². The minimum atomic E-state index is -0.913. The van der Waals surface area contributed by atoms with E-state index in [1.165, 1.54) is 0 Å². The molecule has 1 aliphatic rings. The molecular formula is C13H17NO3. The number of aliphatic carboxylic acids is 1. The molecule has 1 aromatic carbocycles. The third-order valence-corrected chi connectivity index (χ3v) is 3.46. The summed E-state index contributed by atoms with van der Waals surface area (Å²) >= 11 is 0. The lowest BCUT2D eigenvalue weighted by Gasteiger charge is -2.29. The predicted molar refractivity (Wildman–Crippen MR) is 65.7 cm³/mol. The van der Waals surface area contributed by atoms with E-state index < -0.39 is 11.9 Å². The lowest BCUT2D eigenvalue weighted by atomic mass is 9.92. The fourth-order valence-electron chi connectivity index (χ4n) is 2.34. The van der Waals surface area contributed by atoms with Gasteiger partial charge < -0.3 is 15.1 Å². The Morgan fingerprint density at radius 1 is 1.47 bits per heavy atom. The maximum absolute atomic E-state index is 11.0. The number of benzene rings is 1. The van der Waals surface area contributed by atoms with Crippen molar-refractivity contribution in [1.29, 1.82) is 0 Å². The first kappa shape index (κ1) is 11.8. The van der Waals surface area contributed by atoms with Crippen molar-refractivity contribution < 1.29 is 15.0 Å². The number of anilines is 1. The fraction of sp³-hybridized carbons (Fsp3) is 0.462. The first-order valence-corrected chi connectivity index (χ1v) is 5.81. The predicted octanol–water partition coefficient (Wildman–Crippen LogP) is 1.96. The van der Waals surface area contributed by atoms with Crippen LogP contribution in [0.1, 0.15) is 30.4 Å². The van der Waals surface area contributed by atoms with Gasteiger partial charge in [-0.25, -0.2) is 0 Å². The summed E-state index contributed by atoms with van der Waals surface area (Å²) in [5, 5.41) is 19.2. The van der Waals surface area contributed by atoms with Crippen molar-refractivity contribution in [2.24, 2.45) is 0 Å². The van der Waals surface area contributed by atoms with E-state index in [1.54, 1.807) is 13.0 Å². The van der Waals surface area contributed by atoms with E-state index in [1.807, 2.05) is 13.1 Å². The maximum Gasteiger partial charge on any atom is 0.310 e. The average molecular weight is 235 g/mol. The molecule has 2 N–H and O–H groups in total. The van der Waals surface area contributed by atoms with E-state index in [0.29, 0.717) is 5.56 Å². The van der Waals surface area contributed by atoms with Crippen LogP contribution in [0.15, 0.2) is 12.1 Å². The smallest absolute Gasteiger partial charge is 0.310 e. The molecule has 17 heavy (non-hydrogen) atoms. The zero-order valence-corrected chi connectivity index (χ0v) is 10.1. The molecule has 0 radical (unpaired) electrons. The van der Waals surface area contributed by atoms with E-state index in [9.17, 15) is 9.90 Å². The molecule has 0 saturated carbocycles. The molecule has 1 aliphatic heterocycles. The summed E-state index contributed by atoms with van der Waals surface area (Å²) in [5.41, 5.74) is 2.39. The Hall–Kier alpha value is -1.71. The molecule has 1 atom stereocenters. The zero-order chi connectivity index (χ0) is 12.6. The quantitative estimate of drug-likeness (QED) is 0.822. The highest BCUT2D eigenvalue weighted by Crippen LogP contribution is 2.38. The van der Waals surface area contributed by atoms with Crippen LogP contribution in [0, 0.1) is 0 Å². The van der Waals surface area contributed by atoms with Crippen molar-refractivity contribution in [3.8, 4) is 5.75 Å². The fourth-order valence-corrected chi connectivity index (χ4v) is 2.34. The normalized spacial score (nSPS) is 16.5. The third kappa shape index (κ3) is 1.95. The Labute approximate surface area is 100 Å². The number of phenols is 1. The summed E-state index contributed by atoms with van der Waals surface area (Å²) in [6.45, 7) is 2.57. The summed E-state index contributed by atoms with van der Waals surface area (Å²) in [4.78, 5) is 13.1. The van der Waals surface area contributed by atoms with Gasteiger partial charge in [-0.3, -0.25) is 4.79 Å². The number of fused-ring (bicyclic) bond motifs is 1. The van der Waals surface area contributed by atoms with Crippen LogP contribution in [-0.2, 0) is 11.2 Å². The standard InChI is InChI=1S/C13H17NO3/c1-8(13(16)17)9-5-6-11-10(12(9)15)4-3-7-14(11)2/h5-6,8,15H,3-4,7H2,1-2H3,(H,16,17). The molecule has 1 aromatic rings. The molecule has 0 amide bonds. The van der Waals surface area contributed by atoms with Gasteiger partial charge in [-0.05, 0) is 25.8 Å². The molecule has 4 heteroatoms. The van der Waals surface area contributed by atoms with Gasteiger partial charge in [-0.1, -0.05) is 6.07 Å². The van der Waals surface area contributed by atoms with Crippen LogP contribution in [0.2, 0.25) is 0 Å². The molecule has 0 bridgehead atoms. The number of hydrogen-bond acceptors (Lipinski definition) is 3. The number of carbonyl (C=O) groups is 1. The van der Waals surface area contributed by atoms with Gasteiger partial charge in [0.05, 0.1) is 5.92 Å². The molecule has 4 nitrogen and oxygen atoms in total. The maximum atomic E-state index is 11.0. The van der Waals surface area contributed by atoms with E-state index in [0.717, 1.165) is 30.6 Å². The van der Waals surface area contributed by atoms with E-state index >= 15 is 0 Å². The van der Waals surface area contributed by atoms with Gasteiger partial charge >= 0.3 is 5.97 Å². The van der Waals surface area contributed by atoms with E-state index in [4.69, 9.17) is 5.11 Å². The highest BCUT2D eigenvalue weighted by molar-refractivity contribution is 5.78. The molecule has 0 aromatic heterocycles. The number of phenolic OH excluding ortho intramolecular Hbond substituents is 1. The molecule has 0 aliphatic carbocycles. The second kappa shape index (κ2) is 4.28. The number of carboxylic acids is 1. The summed E-state index contributed by atoms with van der Waals surface area (Å²) in [5.74, 6) is -1.43. The minimum Gasteiger partial charge on any atom is -0.507 e. The highest BCUT2D eigenvalue weighted by atomic mass is 16.4. The Bertz CT molecular complexity index is 456. The van der Waals surface area contributed by atoms with Crippen molar-refractivity contribution in [3.05, 3.63) is 23.3 Å². The van der Waals surface area contributed by atoms with Crippen molar-refractivity contribution >= 4 is 11.7 Å². The zero-order valence-electron chi connectivity index (χ0n) is 10.1. The summed E-state index contributed by atoms with van der Waals surface area (Å²) < 4.78 is 0. The van der Waals surface area contributed by atoms with Crippen LogP contribution < -0.4 is 4.90 Å². The van der Waals surface area contributed by atoms with Gasteiger partial charge in [-0.15, -0.1) is 0 Å². The van der Waals surface area contributed by atoms with E-state index in [-0.39, 0.29) is 5.75 Å². The molecule has 1 heterocycles. The lowest BCUT2D eigenvalue weighted by Crippen LogP contribution is -2.25. The van der Waals surface area contributed by atoms with Gasteiger partial charge in [0.15, 0.2) is 0 Å². The van der Waals surface area contributed by atoms with Crippen LogP contribution in [0.5, 0.6) is 5.75 Å². The topological polar surface area (TPSA) is 60.8 Å². The van der Waals surface area contributed by atoms with Gasteiger partial charge in [0.25, 0.3) is 0 Å². The Kier molecular flexibility index (Phi) is 2.96. The SMILES string of the molecule is CC(C(=O)O)c1ccc2c(c1O)CCCN2C. The number of rotatable bonds is 2. The molecule has 92 valence electrons. The Morgan fingerprint density at radius 2 is 2.18 bits per heavy atom. The number of nitrogens with zero attached hydrogens (tertiary/aromatic N) is 1. The second-order valence-corrected chi connectivity index (χ2v) is 4.59. The van der Waals surface area contributed by atoms with Crippen molar-refractivity contribution in [2.45, 2.75) is 25.7 Å². The third-order valence-electron chi connectivity index (χ3n) is 3.46. The van der Waals surface area contributed by atoms with Crippen molar-refractivity contribution in [1.82, 2.24) is 0 Å². The van der Waals surface area contributed by atoms with Gasteiger partial charge in [0, 0.05) is 30.4 Å². The van der Waals surface area contributed by atoms with Crippen LogP contribution in [-0.4, -0.2) is 29.8 Å². The molecular weight excluding hydrogens is 218 g/mol. The minimum absolute atomic E-state index is 0.156. The average Bonchev–Trinajstić information content (AvgIpc) is 2.30. The molecule has 0 fully saturated rings. The lowest BCUT2D eigenvalue weighted by molar-refractivity contribution is -0.138. The van der Waals surface area contributed by atoms with Crippen LogP contribution >= 0.6 is 0 Å². The summed E-state index contributed by atoms with van der Waals surface area (Å²) in [7, 11) is 1.98. The molecule has 1 unspecified atom stereocenters. The van der Waals surface area contributed by atoms with Crippen molar-refractivity contribution in [2.75, 3.05) is 18.5 Å². The van der Waals surface area contributed by atoms with Gasteiger partial charge in [0.2, 0.25) is 0 Å². The molecule has 0 saturated heterocycles. The van der Waals surface area contributed by atoms with Crippen molar-refractivity contribution in [3.63, 3.8) is 0 Å². The first-order chi connectivity index (χ1) is 8.02. The monoisotopic (exact) mass is 235 g/mol. The Balaban J connectivity index is 2.49. The highest BCUT2D eigenvalue weighted by Gasteiger charge is 2.24. The number of hydrogen-bond donors (Lipinski definition) is 2. The first-order valence-electron chi connectivity index (χ1n) is 5.81. The van der Waals surface area contributed by atoms with Crippen LogP contribution in [0.25, 0.3) is 0 Å². The van der Waals surface area contributed by atoms with Crippen LogP contribution in [0.4, 0.5) is 5.69 Å².